The lowest BCUT2D eigenvalue weighted by Gasteiger charge is -2.14. The molecule has 1 aromatic rings. The third-order valence-corrected chi connectivity index (χ3v) is 2.46. The van der Waals surface area contributed by atoms with Gasteiger partial charge in [0.15, 0.2) is 0 Å². The standard InChI is InChI=1S/C11H15ClFN/c1-3-6-14-8(2)10-5-4-9(13)7-11(10)12/h4-5,7-8,14H,3,6H2,1-2H3/t8-/m1/s1. The van der Waals surface area contributed by atoms with Crippen molar-refractivity contribution in [2.45, 2.75) is 26.3 Å². The minimum absolute atomic E-state index is 0.169. The average molecular weight is 216 g/mol. The highest BCUT2D eigenvalue weighted by molar-refractivity contribution is 6.31. The summed E-state index contributed by atoms with van der Waals surface area (Å²) in [5.74, 6) is -0.290. The molecule has 1 atom stereocenters. The van der Waals surface area contributed by atoms with E-state index in [2.05, 4.69) is 12.2 Å². The highest BCUT2D eigenvalue weighted by Gasteiger charge is 2.08. The molecule has 1 rings (SSSR count). The zero-order valence-corrected chi connectivity index (χ0v) is 9.24. The van der Waals surface area contributed by atoms with Crippen molar-refractivity contribution in [3.63, 3.8) is 0 Å². The highest BCUT2D eigenvalue weighted by Crippen LogP contribution is 2.23. The zero-order chi connectivity index (χ0) is 10.6. The summed E-state index contributed by atoms with van der Waals surface area (Å²) in [6, 6.07) is 4.68. The van der Waals surface area contributed by atoms with E-state index in [4.69, 9.17) is 11.6 Å². The van der Waals surface area contributed by atoms with Crippen LogP contribution in [0.25, 0.3) is 0 Å². The molecular formula is C11H15ClFN. The fourth-order valence-electron chi connectivity index (χ4n) is 1.32. The molecular weight excluding hydrogens is 201 g/mol. The van der Waals surface area contributed by atoms with Crippen LogP contribution < -0.4 is 5.32 Å². The van der Waals surface area contributed by atoms with Crippen molar-refractivity contribution in [2.75, 3.05) is 6.54 Å². The molecule has 0 aromatic heterocycles. The van der Waals surface area contributed by atoms with Gasteiger partial charge in [-0.3, -0.25) is 0 Å². The molecule has 0 saturated carbocycles. The Hall–Kier alpha value is -0.600. The molecule has 0 amide bonds. The Kier molecular flexibility index (Phi) is 4.36. The number of halogens is 2. The first-order valence-corrected chi connectivity index (χ1v) is 5.21. The maximum Gasteiger partial charge on any atom is 0.124 e. The average Bonchev–Trinajstić information content (AvgIpc) is 2.14. The molecule has 1 N–H and O–H groups in total. The maximum atomic E-state index is 12.8. The molecule has 0 saturated heterocycles. The van der Waals surface area contributed by atoms with E-state index >= 15 is 0 Å². The summed E-state index contributed by atoms with van der Waals surface area (Å²) in [7, 11) is 0. The van der Waals surface area contributed by atoms with Gasteiger partial charge in [0, 0.05) is 11.1 Å². The van der Waals surface area contributed by atoms with Gasteiger partial charge in [-0.15, -0.1) is 0 Å². The number of hydrogen-bond acceptors (Lipinski definition) is 1. The van der Waals surface area contributed by atoms with Crippen LogP contribution in [0.3, 0.4) is 0 Å². The molecule has 0 spiro atoms. The second kappa shape index (κ2) is 5.32. The predicted molar refractivity (Wildman–Crippen MR) is 58.1 cm³/mol. The summed E-state index contributed by atoms with van der Waals surface area (Å²) in [6.07, 6.45) is 1.07. The molecule has 3 heteroatoms. The zero-order valence-electron chi connectivity index (χ0n) is 8.48. The van der Waals surface area contributed by atoms with Gasteiger partial charge in [0.25, 0.3) is 0 Å². The van der Waals surface area contributed by atoms with Gasteiger partial charge in [0.05, 0.1) is 0 Å². The predicted octanol–water partition coefficient (Wildman–Crippen LogP) is 3.54. The SMILES string of the molecule is CCCN[C@H](C)c1ccc(F)cc1Cl. The summed E-state index contributed by atoms with van der Waals surface area (Å²) >= 11 is 5.92. The molecule has 0 radical (unpaired) electrons. The summed E-state index contributed by atoms with van der Waals surface area (Å²) < 4.78 is 12.8. The van der Waals surface area contributed by atoms with Gasteiger partial charge in [0.1, 0.15) is 5.82 Å². The number of hydrogen-bond donors (Lipinski definition) is 1. The van der Waals surface area contributed by atoms with Crippen molar-refractivity contribution < 1.29 is 4.39 Å². The number of benzene rings is 1. The van der Waals surface area contributed by atoms with Crippen molar-refractivity contribution in [2.24, 2.45) is 0 Å². The molecule has 0 aliphatic carbocycles. The van der Waals surface area contributed by atoms with Crippen LogP contribution in [0, 0.1) is 5.82 Å². The van der Waals surface area contributed by atoms with Crippen molar-refractivity contribution in [3.05, 3.63) is 34.6 Å². The van der Waals surface area contributed by atoms with Crippen LogP contribution in [0.15, 0.2) is 18.2 Å². The second-order valence-corrected chi connectivity index (χ2v) is 3.75. The Balaban J connectivity index is 2.74. The van der Waals surface area contributed by atoms with Crippen molar-refractivity contribution in [3.8, 4) is 0 Å². The van der Waals surface area contributed by atoms with Crippen LogP contribution in [0.2, 0.25) is 5.02 Å². The topological polar surface area (TPSA) is 12.0 Å². The number of nitrogens with one attached hydrogen (secondary N) is 1. The van der Waals surface area contributed by atoms with Crippen LogP contribution in [-0.4, -0.2) is 6.54 Å². The van der Waals surface area contributed by atoms with E-state index < -0.39 is 0 Å². The molecule has 0 aliphatic heterocycles. The first kappa shape index (κ1) is 11.5. The first-order chi connectivity index (χ1) is 6.65. The van der Waals surface area contributed by atoms with Crippen molar-refractivity contribution >= 4 is 11.6 Å². The van der Waals surface area contributed by atoms with E-state index in [1.54, 1.807) is 6.07 Å². The van der Waals surface area contributed by atoms with Gasteiger partial charge in [-0.1, -0.05) is 24.6 Å². The minimum Gasteiger partial charge on any atom is -0.310 e. The molecule has 0 bridgehead atoms. The lowest BCUT2D eigenvalue weighted by Crippen LogP contribution is -2.19. The van der Waals surface area contributed by atoms with Crippen LogP contribution in [0.5, 0.6) is 0 Å². The van der Waals surface area contributed by atoms with E-state index in [0.29, 0.717) is 5.02 Å². The van der Waals surface area contributed by atoms with Crippen molar-refractivity contribution in [1.29, 1.82) is 0 Å². The summed E-state index contributed by atoms with van der Waals surface area (Å²) in [5, 5.41) is 3.79. The smallest absolute Gasteiger partial charge is 0.124 e. The van der Waals surface area contributed by atoms with Gasteiger partial charge in [-0.05, 0) is 37.6 Å². The third-order valence-electron chi connectivity index (χ3n) is 2.13. The van der Waals surface area contributed by atoms with Crippen molar-refractivity contribution in [1.82, 2.24) is 5.32 Å². The van der Waals surface area contributed by atoms with Gasteiger partial charge in [-0.25, -0.2) is 4.39 Å². The quantitative estimate of drug-likeness (QED) is 0.810. The Morgan fingerprint density at radius 3 is 2.79 bits per heavy atom. The van der Waals surface area contributed by atoms with E-state index in [1.807, 2.05) is 6.92 Å². The normalized spacial score (nSPS) is 12.9. The molecule has 0 unspecified atom stereocenters. The summed E-state index contributed by atoms with van der Waals surface area (Å²) in [4.78, 5) is 0. The largest absolute Gasteiger partial charge is 0.310 e. The molecule has 0 aliphatic rings. The van der Waals surface area contributed by atoms with E-state index in [9.17, 15) is 4.39 Å². The third kappa shape index (κ3) is 2.96. The van der Waals surface area contributed by atoms with Gasteiger partial charge in [0.2, 0.25) is 0 Å². The number of rotatable bonds is 4. The Bertz CT molecular complexity index is 301. The van der Waals surface area contributed by atoms with E-state index in [-0.39, 0.29) is 11.9 Å². The lowest BCUT2D eigenvalue weighted by molar-refractivity contribution is 0.568. The van der Waals surface area contributed by atoms with Gasteiger partial charge >= 0.3 is 0 Å². The highest BCUT2D eigenvalue weighted by atomic mass is 35.5. The molecule has 1 nitrogen and oxygen atoms in total. The molecule has 0 fully saturated rings. The minimum atomic E-state index is -0.290. The molecule has 14 heavy (non-hydrogen) atoms. The fourth-order valence-corrected chi connectivity index (χ4v) is 1.65. The summed E-state index contributed by atoms with van der Waals surface area (Å²) in [6.45, 7) is 5.07. The van der Waals surface area contributed by atoms with Gasteiger partial charge in [-0.2, -0.15) is 0 Å². The Morgan fingerprint density at radius 2 is 2.21 bits per heavy atom. The molecule has 78 valence electrons. The van der Waals surface area contributed by atoms with E-state index in [0.717, 1.165) is 18.5 Å². The van der Waals surface area contributed by atoms with E-state index in [1.165, 1.54) is 12.1 Å². The van der Waals surface area contributed by atoms with Crippen LogP contribution in [0.4, 0.5) is 4.39 Å². The first-order valence-electron chi connectivity index (χ1n) is 4.83. The molecule has 1 aromatic carbocycles. The Morgan fingerprint density at radius 1 is 1.50 bits per heavy atom. The van der Waals surface area contributed by atoms with Crippen LogP contribution in [-0.2, 0) is 0 Å². The monoisotopic (exact) mass is 215 g/mol. The Labute approximate surface area is 89.3 Å². The van der Waals surface area contributed by atoms with Gasteiger partial charge < -0.3 is 5.32 Å². The van der Waals surface area contributed by atoms with Crippen LogP contribution in [0.1, 0.15) is 31.9 Å². The fraction of sp³-hybridized carbons (Fsp3) is 0.455. The summed E-state index contributed by atoms with van der Waals surface area (Å²) in [5.41, 5.74) is 0.946. The van der Waals surface area contributed by atoms with Crippen LogP contribution >= 0.6 is 11.6 Å². The lowest BCUT2D eigenvalue weighted by atomic mass is 10.1. The second-order valence-electron chi connectivity index (χ2n) is 3.34. The molecule has 0 heterocycles. The maximum absolute atomic E-state index is 12.8.